The zero-order valence-electron chi connectivity index (χ0n) is 12.6. The quantitative estimate of drug-likeness (QED) is 0.519. The van der Waals surface area contributed by atoms with Crippen LogP contribution >= 0.6 is 0 Å². The van der Waals surface area contributed by atoms with Gasteiger partial charge in [0.1, 0.15) is 0 Å². The molecule has 0 atom stereocenters. The van der Waals surface area contributed by atoms with Crippen molar-refractivity contribution in [1.82, 2.24) is 0 Å². The van der Waals surface area contributed by atoms with Crippen LogP contribution in [0.15, 0.2) is 54.6 Å². The van der Waals surface area contributed by atoms with Crippen molar-refractivity contribution in [3.63, 3.8) is 0 Å². The molecule has 112 valence electrons. The Bertz CT molecular complexity index is 651. The van der Waals surface area contributed by atoms with E-state index >= 15 is 0 Å². The molecule has 0 saturated heterocycles. The summed E-state index contributed by atoms with van der Waals surface area (Å²) in [5, 5.41) is 3.27. The van der Waals surface area contributed by atoms with Crippen molar-refractivity contribution in [3.05, 3.63) is 65.7 Å². The van der Waals surface area contributed by atoms with Gasteiger partial charge in [0.25, 0.3) is 0 Å². The van der Waals surface area contributed by atoms with Gasteiger partial charge in [0.2, 0.25) is 0 Å². The first-order valence-electron chi connectivity index (χ1n) is 7.34. The summed E-state index contributed by atoms with van der Waals surface area (Å²) >= 11 is 0. The Morgan fingerprint density at radius 3 is 2.50 bits per heavy atom. The molecule has 1 N–H and O–H groups in total. The summed E-state index contributed by atoms with van der Waals surface area (Å²) in [4.78, 5) is 11.5. The maximum Gasteiger partial charge on any atom is 0.338 e. The monoisotopic (exact) mass is 293 g/mol. The molecule has 3 nitrogen and oxygen atoms in total. The lowest BCUT2D eigenvalue weighted by Gasteiger charge is -2.05. The number of ether oxygens (including phenoxy) is 1. The second-order valence-corrected chi connectivity index (χ2v) is 4.64. The van der Waals surface area contributed by atoms with Crippen molar-refractivity contribution in [2.24, 2.45) is 0 Å². The highest BCUT2D eigenvalue weighted by Gasteiger charge is 2.04. The lowest BCUT2D eigenvalue weighted by Crippen LogP contribution is -2.05. The van der Waals surface area contributed by atoms with Crippen molar-refractivity contribution in [2.45, 2.75) is 13.3 Å². The molecule has 0 spiro atoms. The van der Waals surface area contributed by atoms with Gasteiger partial charge in [0.15, 0.2) is 0 Å². The van der Waals surface area contributed by atoms with Crippen LogP contribution in [0.1, 0.15) is 29.3 Å². The van der Waals surface area contributed by atoms with E-state index in [1.165, 1.54) is 0 Å². The van der Waals surface area contributed by atoms with E-state index in [1.54, 1.807) is 19.1 Å². The minimum atomic E-state index is -0.289. The molecular weight excluding hydrogens is 274 g/mol. The van der Waals surface area contributed by atoms with E-state index in [0.717, 1.165) is 24.2 Å². The first-order chi connectivity index (χ1) is 10.8. The SMILES string of the molecule is CCOC(=O)c1ccc(NCCC#Cc2ccccc2)cc1. The third-order valence-electron chi connectivity index (χ3n) is 2.98. The molecule has 0 aromatic heterocycles. The molecule has 0 heterocycles. The topological polar surface area (TPSA) is 38.3 Å². The van der Waals surface area contributed by atoms with Gasteiger partial charge in [-0.3, -0.25) is 0 Å². The molecule has 22 heavy (non-hydrogen) atoms. The molecule has 0 bridgehead atoms. The fourth-order valence-corrected chi connectivity index (χ4v) is 1.89. The van der Waals surface area contributed by atoms with Crippen LogP contribution in [0.3, 0.4) is 0 Å². The molecule has 0 saturated carbocycles. The lowest BCUT2D eigenvalue weighted by molar-refractivity contribution is 0.0526. The van der Waals surface area contributed by atoms with Crippen LogP contribution in [0.25, 0.3) is 0 Å². The third kappa shape index (κ3) is 4.99. The molecule has 2 aromatic rings. The predicted molar refractivity (Wildman–Crippen MR) is 88.8 cm³/mol. The first-order valence-corrected chi connectivity index (χ1v) is 7.34. The second kappa shape index (κ2) is 8.53. The Kier molecular flexibility index (Phi) is 6.07. The first kappa shape index (κ1) is 15.7. The molecule has 0 fully saturated rings. The number of rotatable bonds is 5. The van der Waals surface area contributed by atoms with E-state index in [-0.39, 0.29) is 5.97 Å². The molecule has 0 aliphatic rings. The van der Waals surface area contributed by atoms with E-state index < -0.39 is 0 Å². The summed E-state index contributed by atoms with van der Waals surface area (Å²) in [5.74, 6) is 5.96. The maximum absolute atomic E-state index is 11.5. The number of benzene rings is 2. The van der Waals surface area contributed by atoms with E-state index in [0.29, 0.717) is 12.2 Å². The highest BCUT2D eigenvalue weighted by Crippen LogP contribution is 2.10. The number of hydrogen-bond acceptors (Lipinski definition) is 3. The fraction of sp³-hybridized carbons (Fsp3) is 0.211. The normalized spacial score (nSPS) is 9.50. The molecule has 0 aliphatic heterocycles. The van der Waals surface area contributed by atoms with Crippen molar-refractivity contribution >= 4 is 11.7 Å². The van der Waals surface area contributed by atoms with E-state index in [2.05, 4.69) is 17.2 Å². The van der Waals surface area contributed by atoms with Crippen LogP contribution in [-0.4, -0.2) is 19.1 Å². The van der Waals surface area contributed by atoms with Crippen LogP contribution < -0.4 is 5.32 Å². The van der Waals surface area contributed by atoms with Gasteiger partial charge in [-0.1, -0.05) is 30.0 Å². The van der Waals surface area contributed by atoms with Crippen LogP contribution in [0.5, 0.6) is 0 Å². The van der Waals surface area contributed by atoms with Gasteiger partial charge in [-0.05, 0) is 43.3 Å². The van der Waals surface area contributed by atoms with E-state index in [1.807, 2.05) is 42.5 Å². The summed E-state index contributed by atoms with van der Waals surface area (Å²) in [6.45, 7) is 2.95. The van der Waals surface area contributed by atoms with Crippen LogP contribution in [0, 0.1) is 11.8 Å². The average Bonchev–Trinajstić information content (AvgIpc) is 2.56. The van der Waals surface area contributed by atoms with Crippen molar-refractivity contribution in [3.8, 4) is 11.8 Å². The van der Waals surface area contributed by atoms with Gasteiger partial charge in [-0.25, -0.2) is 4.79 Å². The predicted octanol–water partition coefficient (Wildman–Crippen LogP) is 3.72. The highest BCUT2D eigenvalue weighted by atomic mass is 16.5. The minimum Gasteiger partial charge on any atom is -0.462 e. The van der Waals surface area contributed by atoms with Crippen molar-refractivity contribution in [1.29, 1.82) is 0 Å². The van der Waals surface area contributed by atoms with Gasteiger partial charge in [-0.2, -0.15) is 0 Å². The largest absolute Gasteiger partial charge is 0.462 e. The number of carbonyl (C=O) groups excluding carboxylic acids is 1. The van der Waals surface area contributed by atoms with Gasteiger partial charge < -0.3 is 10.1 Å². The Labute approximate surface area is 131 Å². The van der Waals surface area contributed by atoms with Gasteiger partial charge in [0.05, 0.1) is 12.2 Å². The van der Waals surface area contributed by atoms with E-state index in [9.17, 15) is 4.79 Å². The van der Waals surface area contributed by atoms with Crippen molar-refractivity contribution < 1.29 is 9.53 Å². The Morgan fingerprint density at radius 2 is 1.82 bits per heavy atom. The lowest BCUT2D eigenvalue weighted by atomic mass is 10.2. The summed E-state index contributed by atoms with van der Waals surface area (Å²) in [6.07, 6.45) is 0.758. The van der Waals surface area contributed by atoms with Crippen LogP contribution in [0.4, 0.5) is 5.69 Å². The average molecular weight is 293 g/mol. The number of anilines is 1. The summed E-state index contributed by atoms with van der Waals surface area (Å²) in [7, 11) is 0. The summed E-state index contributed by atoms with van der Waals surface area (Å²) < 4.78 is 4.95. The standard InChI is InChI=1S/C19H19NO2/c1-2-22-19(21)17-11-13-18(14-12-17)20-15-7-6-10-16-8-4-3-5-9-16/h3-5,8-9,11-14,20H,2,7,15H2,1H3. The summed E-state index contributed by atoms with van der Waals surface area (Å²) in [6, 6.07) is 17.2. The number of carbonyl (C=O) groups is 1. The molecular formula is C19H19NO2. The smallest absolute Gasteiger partial charge is 0.338 e. The number of esters is 1. The molecule has 0 aliphatic carbocycles. The molecule has 2 rings (SSSR count). The zero-order chi connectivity index (χ0) is 15.6. The molecule has 0 unspecified atom stereocenters. The Hall–Kier alpha value is -2.73. The summed E-state index contributed by atoms with van der Waals surface area (Å²) in [5.41, 5.74) is 2.56. The minimum absolute atomic E-state index is 0.289. The number of hydrogen-bond donors (Lipinski definition) is 1. The number of nitrogens with one attached hydrogen (secondary N) is 1. The van der Waals surface area contributed by atoms with E-state index in [4.69, 9.17) is 4.74 Å². The maximum atomic E-state index is 11.5. The Morgan fingerprint density at radius 1 is 1.09 bits per heavy atom. The third-order valence-corrected chi connectivity index (χ3v) is 2.98. The molecule has 3 heteroatoms. The highest BCUT2D eigenvalue weighted by molar-refractivity contribution is 5.89. The van der Waals surface area contributed by atoms with Gasteiger partial charge in [0, 0.05) is 24.2 Å². The van der Waals surface area contributed by atoms with Gasteiger partial charge >= 0.3 is 5.97 Å². The zero-order valence-corrected chi connectivity index (χ0v) is 12.6. The molecule has 0 amide bonds. The van der Waals surface area contributed by atoms with Gasteiger partial charge in [-0.15, -0.1) is 0 Å². The second-order valence-electron chi connectivity index (χ2n) is 4.64. The fourth-order valence-electron chi connectivity index (χ4n) is 1.89. The van der Waals surface area contributed by atoms with Crippen molar-refractivity contribution in [2.75, 3.05) is 18.5 Å². The van der Waals surface area contributed by atoms with Crippen LogP contribution in [0.2, 0.25) is 0 Å². The van der Waals surface area contributed by atoms with Crippen LogP contribution in [-0.2, 0) is 4.74 Å². The molecule has 2 aromatic carbocycles. The molecule has 0 radical (unpaired) electrons. The Balaban J connectivity index is 1.78.